The molecule has 3 aromatic rings. The zero-order chi connectivity index (χ0) is 19.3. The summed E-state index contributed by atoms with van der Waals surface area (Å²) in [6, 6.07) is 17.0. The number of anilines is 1. The molecule has 1 N–H and O–H groups in total. The zero-order valence-corrected chi connectivity index (χ0v) is 15.5. The van der Waals surface area contributed by atoms with E-state index in [1.54, 1.807) is 12.5 Å². The summed E-state index contributed by atoms with van der Waals surface area (Å²) < 4.78 is 1.89. The Bertz CT molecular complexity index is 928. The minimum atomic E-state index is -0.0622. The van der Waals surface area contributed by atoms with Crippen molar-refractivity contribution in [1.82, 2.24) is 14.5 Å². The molecule has 1 aromatic heterocycles. The van der Waals surface area contributed by atoms with Gasteiger partial charge in [-0.1, -0.05) is 18.2 Å². The number of piperidine rings is 1. The Morgan fingerprint density at radius 2 is 1.68 bits per heavy atom. The summed E-state index contributed by atoms with van der Waals surface area (Å²) in [5, 5.41) is 2.96. The van der Waals surface area contributed by atoms with Crippen LogP contribution in [0.25, 0.3) is 5.69 Å². The molecule has 0 radical (unpaired) electrons. The number of nitrogens with zero attached hydrogens (tertiary/aromatic N) is 3. The molecule has 4 rings (SSSR count). The fourth-order valence-corrected chi connectivity index (χ4v) is 3.48. The monoisotopic (exact) mass is 374 g/mol. The number of nitrogens with one attached hydrogen (secondary N) is 1. The van der Waals surface area contributed by atoms with Crippen molar-refractivity contribution in [2.45, 2.75) is 12.8 Å². The molecular formula is C22H22N4O2. The van der Waals surface area contributed by atoms with E-state index >= 15 is 0 Å². The second-order valence-corrected chi connectivity index (χ2v) is 6.94. The Balaban J connectivity index is 1.33. The SMILES string of the molecule is O=C(Nc1ccccc1)C1CCN(C(=O)c2ccc(-n3ccnc3)cc2)CC1. The highest BCUT2D eigenvalue weighted by Gasteiger charge is 2.27. The fraction of sp³-hybridized carbons (Fsp3) is 0.227. The van der Waals surface area contributed by atoms with Gasteiger partial charge in [-0.15, -0.1) is 0 Å². The molecule has 0 atom stereocenters. The molecule has 2 aromatic carbocycles. The molecule has 0 bridgehead atoms. The van der Waals surface area contributed by atoms with Gasteiger partial charge in [-0.25, -0.2) is 4.98 Å². The van der Waals surface area contributed by atoms with Gasteiger partial charge in [-0.05, 0) is 49.2 Å². The van der Waals surface area contributed by atoms with Crippen LogP contribution in [-0.2, 0) is 4.79 Å². The molecule has 0 unspecified atom stereocenters. The summed E-state index contributed by atoms with van der Waals surface area (Å²) in [5.74, 6) is -0.0186. The van der Waals surface area contributed by atoms with Gasteiger partial charge in [-0.2, -0.15) is 0 Å². The average Bonchev–Trinajstić information content (AvgIpc) is 3.29. The van der Waals surface area contributed by atoms with Crippen LogP contribution in [0.1, 0.15) is 23.2 Å². The van der Waals surface area contributed by atoms with Gasteiger partial charge in [0, 0.05) is 48.3 Å². The summed E-state index contributed by atoms with van der Waals surface area (Å²) in [7, 11) is 0. The summed E-state index contributed by atoms with van der Waals surface area (Å²) in [6.07, 6.45) is 6.66. The van der Waals surface area contributed by atoms with E-state index < -0.39 is 0 Å². The van der Waals surface area contributed by atoms with Gasteiger partial charge in [0.15, 0.2) is 0 Å². The highest BCUT2D eigenvalue weighted by Crippen LogP contribution is 2.21. The summed E-state index contributed by atoms with van der Waals surface area (Å²) in [5.41, 5.74) is 2.44. The number of hydrogen-bond acceptors (Lipinski definition) is 3. The maximum absolute atomic E-state index is 12.8. The van der Waals surface area contributed by atoms with Crippen molar-refractivity contribution in [3.63, 3.8) is 0 Å². The van der Waals surface area contributed by atoms with E-state index in [9.17, 15) is 9.59 Å². The minimum absolute atomic E-state index is 0.0131. The lowest BCUT2D eigenvalue weighted by Gasteiger charge is -2.31. The normalized spacial score (nSPS) is 14.6. The lowest BCUT2D eigenvalue weighted by molar-refractivity contribution is -0.121. The number of carbonyl (C=O) groups excluding carboxylic acids is 2. The van der Waals surface area contributed by atoms with E-state index in [1.807, 2.05) is 70.3 Å². The Hall–Kier alpha value is -3.41. The first-order valence-corrected chi connectivity index (χ1v) is 9.44. The van der Waals surface area contributed by atoms with Crippen LogP contribution in [0.3, 0.4) is 0 Å². The molecule has 0 aliphatic carbocycles. The summed E-state index contributed by atoms with van der Waals surface area (Å²) >= 11 is 0. The van der Waals surface area contributed by atoms with Crippen LogP contribution in [0, 0.1) is 5.92 Å². The number of aromatic nitrogens is 2. The first-order chi connectivity index (χ1) is 13.7. The number of para-hydroxylation sites is 1. The predicted octanol–water partition coefficient (Wildman–Crippen LogP) is 3.36. The zero-order valence-electron chi connectivity index (χ0n) is 15.5. The quantitative estimate of drug-likeness (QED) is 0.761. The molecule has 0 saturated carbocycles. The molecule has 1 fully saturated rings. The van der Waals surface area contributed by atoms with Gasteiger partial charge >= 0.3 is 0 Å². The van der Waals surface area contributed by atoms with Gasteiger partial charge in [0.25, 0.3) is 5.91 Å². The fourth-order valence-electron chi connectivity index (χ4n) is 3.48. The second kappa shape index (κ2) is 8.08. The van der Waals surface area contributed by atoms with Crippen molar-refractivity contribution >= 4 is 17.5 Å². The van der Waals surface area contributed by atoms with Gasteiger partial charge in [-0.3, -0.25) is 9.59 Å². The number of imidazole rings is 1. The lowest BCUT2D eigenvalue weighted by atomic mass is 9.95. The molecule has 1 saturated heterocycles. The van der Waals surface area contributed by atoms with Crippen molar-refractivity contribution in [2.24, 2.45) is 5.92 Å². The number of benzene rings is 2. The van der Waals surface area contributed by atoms with Crippen LogP contribution < -0.4 is 5.32 Å². The summed E-state index contributed by atoms with van der Waals surface area (Å²) in [6.45, 7) is 1.18. The Morgan fingerprint density at radius 1 is 0.964 bits per heavy atom. The number of rotatable bonds is 4. The van der Waals surface area contributed by atoms with E-state index in [2.05, 4.69) is 10.3 Å². The maximum atomic E-state index is 12.8. The second-order valence-electron chi connectivity index (χ2n) is 6.94. The first kappa shape index (κ1) is 18.0. The van der Waals surface area contributed by atoms with Crippen molar-refractivity contribution < 1.29 is 9.59 Å². The highest BCUT2D eigenvalue weighted by molar-refractivity contribution is 5.95. The third kappa shape index (κ3) is 3.96. The lowest BCUT2D eigenvalue weighted by Crippen LogP contribution is -2.41. The molecule has 0 spiro atoms. The third-order valence-electron chi connectivity index (χ3n) is 5.11. The first-order valence-electron chi connectivity index (χ1n) is 9.44. The largest absolute Gasteiger partial charge is 0.339 e. The van der Waals surface area contributed by atoms with E-state index in [1.165, 1.54) is 0 Å². The van der Waals surface area contributed by atoms with E-state index in [0.29, 0.717) is 31.5 Å². The van der Waals surface area contributed by atoms with Gasteiger partial charge in [0.2, 0.25) is 5.91 Å². The topological polar surface area (TPSA) is 67.2 Å². The molecule has 6 heteroatoms. The molecule has 6 nitrogen and oxygen atoms in total. The number of carbonyl (C=O) groups is 2. The van der Waals surface area contributed by atoms with Gasteiger partial charge < -0.3 is 14.8 Å². The van der Waals surface area contributed by atoms with Crippen LogP contribution in [-0.4, -0.2) is 39.4 Å². The van der Waals surface area contributed by atoms with Crippen LogP contribution in [0.2, 0.25) is 0 Å². The van der Waals surface area contributed by atoms with Crippen molar-refractivity contribution in [3.8, 4) is 5.69 Å². The number of amides is 2. The molecule has 2 amide bonds. The minimum Gasteiger partial charge on any atom is -0.339 e. The van der Waals surface area contributed by atoms with Crippen LogP contribution in [0.5, 0.6) is 0 Å². The number of hydrogen-bond donors (Lipinski definition) is 1. The molecule has 142 valence electrons. The van der Waals surface area contributed by atoms with Crippen LogP contribution >= 0.6 is 0 Å². The van der Waals surface area contributed by atoms with Gasteiger partial charge in [0.1, 0.15) is 0 Å². The number of likely N-dealkylation sites (tertiary alicyclic amines) is 1. The smallest absolute Gasteiger partial charge is 0.253 e. The molecule has 28 heavy (non-hydrogen) atoms. The maximum Gasteiger partial charge on any atom is 0.253 e. The average molecular weight is 374 g/mol. The van der Waals surface area contributed by atoms with E-state index in [4.69, 9.17) is 0 Å². The summed E-state index contributed by atoms with van der Waals surface area (Å²) in [4.78, 5) is 31.1. The molecule has 1 aliphatic rings. The van der Waals surface area contributed by atoms with Crippen LogP contribution in [0.15, 0.2) is 73.3 Å². The Morgan fingerprint density at radius 3 is 2.32 bits per heavy atom. The van der Waals surface area contributed by atoms with Crippen molar-refractivity contribution in [2.75, 3.05) is 18.4 Å². The Kier molecular flexibility index (Phi) is 5.19. The predicted molar refractivity (Wildman–Crippen MR) is 107 cm³/mol. The molecule has 1 aliphatic heterocycles. The molecule has 2 heterocycles. The standard InChI is InChI=1S/C22H22N4O2/c27-21(24-19-4-2-1-3-5-19)17-10-13-25(14-11-17)22(28)18-6-8-20(9-7-18)26-15-12-23-16-26/h1-9,12,15-17H,10-11,13-14H2,(H,24,27). The van der Waals surface area contributed by atoms with Crippen molar-refractivity contribution in [1.29, 1.82) is 0 Å². The van der Waals surface area contributed by atoms with Crippen molar-refractivity contribution in [3.05, 3.63) is 78.9 Å². The Labute approximate surface area is 163 Å². The van der Waals surface area contributed by atoms with Crippen LogP contribution in [0.4, 0.5) is 5.69 Å². The van der Waals surface area contributed by atoms with E-state index in [0.717, 1.165) is 11.4 Å². The van der Waals surface area contributed by atoms with E-state index in [-0.39, 0.29) is 17.7 Å². The molecular weight excluding hydrogens is 352 g/mol. The highest BCUT2D eigenvalue weighted by atomic mass is 16.2. The van der Waals surface area contributed by atoms with Gasteiger partial charge in [0.05, 0.1) is 6.33 Å². The third-order valence-corrected chi connectivity index (χ3v) is 5.11.